The van der Waals surface area contributed by atoms with Crippen molar-refractivity contribution in [1.29, 1.82) is 0 Å². The number of benzene rings is 3. The van der Waals surface area contributed by atoms with Crippen LogP contribution in [0.25, 0.3) is 28.1 Å². The van der Waals surface area contributed by atoms with Crippen molar-refractivity contribution in [3.8, 4) is 45.3 Å². The molecule has 0 unspecified atom stereocenters. The number of rotatable bonds is 5. The first-order valence-electron chi connectivity index (χ1n) is 9.58. The van der Waals surface area contributed by atoms with E-state index in [4.69, 9.17) is 9.47 Å². The topological polar surface area (TPSA) is 80.9 Å². The van der Waals surface area contributed by atoms with Gasteiger partial charge in [-0.3, -0.25) is 0 Å². The Labute approximate surface area is 179 Å². The van der Waals surface area contributed by atoms with Crippen LogP contribution in [-0.4, -0.2) is 35.0 Å². The number of nitrogens with zero attached hydrogens (tertiary/aromatic N) is 1. The molecule has 4 rings (SSSR count). The predicted molar refractivity (Wildman–Crippen MR) is 118 cm³/mol. The van der Waals surface area contributed by atoms with Gasteiger partial charge in [-0.15, -0.1) is 0 Å². The van der Waals surface area contributed by atoms with E-state index >= 15 is 0 Å². The number of ether oxygens (including phenoxy) is 2. The van der Waals surface area contributed by atoms with Crippen LogP contribution in [0.3, 0.4) is 0 Å². The summed E-state index contributed by atoms with van der Waals surface area (Å²) >= 11 is 0. The number of aromatic nitrogens is 1. The lowest BCUT2D eigenvalue weighted by Gasteiger charge is -2.11. The first kappa shape index (κ1) is 20.1. The van der Waals surface area contributed by atoms with Gasteiger partial charge in [0.25, 0.3) is 0 Å². The smallest absolute Gasteiger partial charge is 0.339 e. The largest absolute Gasteiger partial charge is 0.508 e. The average Bonchev–Trinajstić information content (AvgIpc) is 3.24. The van der Waals surface area contributed by atoms with Crippen LogP contribution in [0.4, 0.5) is 0 Å². The number of esters is 1. The van der Waals surface area contributed by atoms with E-state index < -0.39 is 5.97 Å². The maximum atomic E-state index is 12.1. The number of carbonyl (C=O) groups is 1. The Morgan fingerprint density at radius 2 is 1.52 bits per heavy atom. The lowest BCUT2D eigenvalue weighted by atomic mass is 10.0. The minimum atomic E-state index is -0.417. The normalized spacial score (nSPS) is 10.6. The van der Waals surface area contributed by atoms with Crippen LogP contribution in [0.1, 0.15) is 10.4 Å². The van der Waals surface area contributed by atoms with E-state index in [9.17, 15) is 15.0 Å². The molecule has 0 bridgehead atoms. The maximum absolute atomic E-state index is 12.1. The molecule has 31 heavy (non-hydrogen) atoms. The zero-order valence-electron chi connectivity index (χ0n) is 17.1. The Kier molecular flexibility index (Phi) is 5.37. The molecule has 1 heterocycles. The van der Waals surface area contributed by atoms with Gasteiger partial charge < -0.3 is 24.3 Å². The van der Waals surface area contributed by atoms with Crippen molar-refractivity contribution in [1.82, 2.24) is 4.57 Å². The number of methoxy groups -OCH3 is 2. The molecule has 0 aliphatic carbocycles. The van der Waals surface area contributed by atoms with Crippen molar-refractivity contribution in [3.63, 3.8) is 0 Å². The minimum absolute atomic E-state index is 0.00216. The van der Waals surface area contributed by atoms with Crippen molar-refractivity contribution in [2.24, 2.45) is 0 Å². The van der Waals surface area contributed by atoms with Gasteiger partial charge in [-0.25, -0.2) is 4.79 Å². The molecule has 0 spiro atoms. The van der Waals surface area contributed by atoms with Gasteiger partial charge in [0.05, 0.1) is 25.5 Å². The second kappa shape index (κ2) is 8.28. The number of phenols is 2. The second-order valence-corrected chi connectivity index (χ2v) is 6.95. The summed E-state index contributed by atoms with van der Waals surface area (Å²) in [5.74, 6) is 0.329. The average molecular weight is 415 g/mol. The van der Waals surface area contributed by atoms with E-state index in [1.54, 1.807) is 25.4 Å². The standard InChI is InChI=1S/C25H21NO5/c1-30-21-10-7-19(8-11-21)26-15-18(25(29)31-2)13-23(26)17-5-3-16(4-6-17)22-12-9-20(27)14-24(22)28/h3-15,27-28H,1-2H3. The zero-order chi connectivity index (χ0) is 22.0. The molecule has 2 N–H and O–H groups in total. The molecule has 0 aliphatic rings. The quantitative estimate of drug-likeness (QED) is 0.448. The number of carbonyl (C=O) groups excluding carboxylic acids is 1. The third-order valence-corrected chi connectivity index (χ3v) is 5.06. The van der Waals surface area contributed by atoms with Gasteiger partial charge in [-0.2, -0.15) is 0 Å². The molecule has 0 amide bonds. The monoisotopic (exact) mass is 415 g/mol. The first-order chi connectivity index (χ1) is 15.0. The van der Waals surface area contributed by atoms with E-state index in [0.29, 0.717) is 11.1 Å². The fraction of sp³-hybridized carbons (Fsp3) is 0.0800. The summed E-state index contributed by atoms with van der Waals surface area (Å²) in [6, 6.07) is 21.4. The molecule has 6 heteroatoms. The van der Waals surface area contributed by atoms with Crippen LogP contribution in [-0.2, 0) is 4.74 Å². The van der Waals surface area contributed by atoms with Crippen molar-refractivity contribution < 1.29 is 24.5 Å². The molecular weight excluding hydrogens is 394 g/mol. The summed E-state index contributed by atoms with van der Waals surface area (Å²) in [4.78, 5) is 12.1. The van der Waals surface area contributed by atoms with Gasteiger partial charge in [0.2, 0.25) is 0 Å². The molecule has 1 aromatic heterocycles. The van der Waals surface area contributed by atoms with Crippen LogP contribution < -0.4 is 4.74 Å². The highest BCUT2D eigenvalue weighted by Crippen LogP contribution is 2.34. The Morgan fingerprint density at radius 3 is 2.13 bits per heavy atom. The summed E-state index contributed by atoms with van der Waals surface area (Å²) < 4.78 is 12.0. The van der Waals surface area contributed by atoms with E-state index in [1.807, 2.05) is 53.1 Å². The van der Waals surface area contributed by atoms with Crippen molar-refractivity contribution in [2.45, 2.75) is 0 Å². The minimum Gasteiger partial charge on any atom is -0.508 e. The fourth-order valence-electron chi connectivity index (χ4n) is 3.46. The van der Waals surface area contributed by atoms with E-state index in [2.05, 4.69) is 0 Å². The summed E-state index contributed by atoms with van der Waals surface area (Å²) in [7, 11) is 2.96. The lowest BCUT2D eigenvalue weighted by molar-refractivity contribution is 0.0601. The highest BCUT2D eigenvalue weighted by atomic mass is 16.5. The summed E-state index contributed by atoms with van der Waals surface area (Å²) in [5.41, 5.74) is 4.42. The van der Waals surface area contributed by atoms with E-state index in [0.717, 1.165) is 28.3 Å². The highest BCUT2D eigenvalue weighted by molar-refractivity contribution is 5.91. The highest BCUT2D eigenvalue weighted by Gasteiger charge is 2.16. The number of hydrogen-bond donors (Lipinski definition) is 2. The molecule has 4 aromatic rings. The van der Waals surface area contributed by atoms with Gasteiger partial charge in [0.1, 0.15) is 17.2 Å². The van der Waals surface area contributed by atoms with Crippen LogP contribution in [0.5, 0.6) is 17.2 Å². The first-order valence-corrected chi connectivity index (χ1v) is 9.58. The van der Waals surface area contributed by atoms with Crippen LogP contribution in [0.15, 0.2) is 79.0 Å². The number of hydrogen-bond acceptors (Lipinski definition) is 5. The van der Waals surface area contributed by atoms with Gasteiger partial charge in [0, 0.05) is 23.5 Å². The van der Waals surface area contributed by atoms with Crippen molar-refractivity contribution >= 4 is 5.97 Å². The maximum Gasteiger partial charge on any atom is 0.339 e. The van der Waals surface area contributed by atoms with Crippen LogP contribution in [0.2, 0.25) is 0 Å². The molecule has 0 aliphatic heterocycles. The second-order valence-electron chi connectivity index (χ2n) is 6.95. The Bertz CT molecular complexity index is 1220. The summed E-state index contributed by atoms with van der Waals surface area (Å²) in [6.45, 7) is 0. The van der Waals surface area contributed by atoms with Crippen molar-refractivity contribution in [2.75, 3.05) is 14.2 Å². The lowest BCUT2D eigenvalue weighted by Crippen LogP contribution is -1.99. The fourth-order valence-corrected chi connectivity index (χ4v) is 3.46. The van der Waals surface area contributed by atoms with Crippen LogP contribution in [0, 0.1) is 0 Å². The summed E-state index contributed by atoms with van der Waals surface area (Å²) in [5, 5.41) is 19.6. The third-order valence-electron chi connectivity index (χ3n) is 5.06. The van der Waals surface area contributed by atoms with E-state index in [1.165, 1.54) is 19.2 Å². The Hall–Kier alpha value is -4.19. The van der Waals surface area contributed by atoms with Gasteiger partial charge >= 0.3 is 5.97 Å². The van der Waals surface area contributed by atoms with Crippen LogP contribution >= 0.6 is 0 Å². The molecule has 0 saturated heterocycles. The number of phenolic OH excluding ortho intramolecular Hbond substituents is 2. The molecule has 0 atom stereocenters. The van der Waals surface area contributed by atoms with Gasteiger partial charge in [0.15, 0.2) is 0 Å². The van der Waals surface area contributed by atoms with Crippen molar-refractivity contribution in [3.05, 3.63) is 84.6 Å². The molecule has 6 nitrogen and oxygen atoms in total. The molecule has 0 radical (unpaired) electrons. The van der Waals surface area contributed by atoms with Gasteiger partial charge in [-0.05, 0) is 53.6 Å². The molecular formula is C25H21NO5. The van der Waals surface area contributed by atoms with E-state index in [-0.39, 0.29) is 11.5 Å². The third kappa shape index (κ3) is 3.96. The molecule has 3 aromatic carbocycles. The zero-order valence-corrected chi connectivity index (χ0v) is 17.1. The Morgan fingerprint density at radius 1 is 0.839 bits per heavy atom. The molecule has 156 valence electrons. The Balaban J connectivity index is 1.77. The SMILES string of the molecule is COC(=O)c1cc(-c2ccc(-c3ccc(O)cc3O)cc2)n(-c2ccc(OC)cc2)c1. The molecule has 0 saturated carbocycles. The predicted octanol–water partition coefficient (Wildman–Crippen LogP) is 5.02. The molecule has 0 fully saturated rings. The summed E-state index contributed by atoms with van der Waals surface area (Å²) in [6.07, 6.45) is 1.74. The number of aromatic hydroxyl groups is 2. The van der Waals surface area contributed by atoms with Gasteiger partial charge in [-0.1, -0.05) is 24.3 Å².